The van der Waals surface area contributed by atoms with E-state index in [0.717, 1.165) is 28.2 Å². The van der Waals surface area contributed by atoms with Crippen molar-refractivity contribution in [1.82, 2.24) is 25.1 Å². The Bertz CT molecular complexity index is 1410. The lowest BCUT2D eigenvalue weighted by atomic mass is 9.92. The number of nitrogens with zero attached hydrogens (tertiary/aromatic N) is 5. The van der Waals surface area contributed by atoms with Crippen molar-refractivity contribution in [3.63, 3.8) is 0 Å². The van der Waals surface area contributed by atoms with Gasteiger partial charge in [-0.05, 0) is 60.5 Å². The number of hydrogen-bond donors (Lipinski definition) is 2. The van der Waals surface area contributed by atoms with Gasteiger partial charge in [-0.2, -0.15) is 5.10 Å². The van der Waals surface area contributed by atoms with Crippen molar-refractivity contribution in [2.45, 2.75) is 39.7 Å². The van der Waals surface area contributed by atoms with Crippen molar-refractivity contribution in [2.24, 2.45) is 0 Å². The summed E-state index contributed by atoms with van der Waals surface area (Å²) in [6.07, 6.45) is 1.59. The van der Waals surface area contributed by atoms with Gasteiger partial charge in [0.05, 0.1) is 11.4 Å². The van der Waals surface area contributed by atoms with Gasteiger partial charge in [0.2, 0.25) is 5.28 Å². The zero-order valence-electron chi connectivity index (χ0n) is 21.4. The van der Waals surface area contributed by atoms with Gasteiger partial charge in [0.1, 0.15) is 11.6 Å². The monoisotopic (exact) mass is 537 g/mol. The van der Waals surface area contributed by atoms with Gasteiger partial charge in [-0.1, -0.05) is 50.1 Å². The van der Waals surface area contributed by atoms with Gasteiger partial charge in [-0.25, -0.2) is 19.4 Å². The summed E-state index contributed by atoms with van der Waals surface area (Å²) in [5.74, 6) is 1.19. The number of anilines is 3. The minimum atomic E-state index is -0.368. The third kappa shape index (κ3) is 6.39. The third-order valence-electron chi connectivity index (χ3n) is 5.80. The summed E-state index contributed by atoms with van der Waals surface area (Å²) in [5.41, 5.74) is 4.31. The van der Waals surface area contributed by atoms with E-state index in [1.165, 1.54) is 0 Å². The summed E-state index contributed by atoms with van der Waals surface area (Å²) in [7, 11) is 1.86. The van der Waals surface area contributed by atoms with E-state index in [-0.39, 0.29) is 23.3 Å². The zero-order valence-corrected chi connectivity index (χ0v) is 22.9. The van der Waals surface area contributed by atoms with Crippen LogP contribution in [0.2, 0.25) is 10.3 Å². The van der Waals surface area contributed by atoms with Crippen LogP contribution in [0.3, 0.4) is 0 Å². The molecule has 0 bridgehead atoms. The predicted octanol–water partition coefficient (Wildman–Crippen LogP) is 6.66. The molecule has 0 unspecified atom stereocenters. The first kappa shape index (κ1) is 26.4. The molecule has 0 aliphatic carbocycles. The first-order valence-corrected chi connectivity index (χ1v) is 12.5. The van der Waals surface area contributed by atoms with Gasteiger partial charge in [-0.15, -0.1) is 0 Å². The summed E-state index contributed by atoms with van der Waals surface area (Å²) in [6, 6.07) is 16.7. The lowest BCUT2D eigenvalue weighted by Crippen LogP contribution is -2.29. The van der Waals surface area contributed by atoms with E-state index >= 15 is 0 Å². The quantitative estimate of drug-likeness (QED) is 0.268. The topological polar surface area (TPSA) is 88.0 Å². The average Bonchev–Trinajstić information content (AvgIpc) is 3.27. The number of carbonyl (C=O) groups excluding carboxylic acids is 1. The zero-order chi connectivity index (χ0) is 26.7. The molecule has 0 fully saturated rings. The molecule has 4 rings (SSSR count). The molecule has 8 nitrogen and oxygen atoms in total. The number of hydrogen-bond acceptors (Lipinski definition) is 5. The van der Waals surface area contributed by atoms with E-state index in [2.05, 4.69) is 41.4 Å². The summed E-state index contributed by atoms with van der Waals surface area (Å²) in [6.45, 7) is 8.51. The summed E-state index contributed by atoms with van der Waals surface area (Å²) < 4.78 is 1.75. The molecule has 4 aromatic rings. The number of nitrogens with one attached hydrogen (secondary N) is 2. The molecule has 0 aliphatic rings. The Morgan fingerprint density at radius 2 is 1.78 bits per heavy atom. The van der Waals surface area contributed by atoms with Crippen molar-refractivity contribution >= 4 is 46.6 Å². The maximum atomic E-state index is 13.0. The van der Waals surface area contributed by atoms with Crippen LogP contribution >= 0.6 is 23.2 Å². The van der Waals surface area contributed by atoms with Crippen LogP contribution < -0.4 is 15.5 Å². The van der Waals surface area contributed by atoms with Gasteiger partial charge in [-0.3, -0.25) is 5.32 Å². The lowest BCUT2D eigenvalue weighted by Gasteiger charge is -2.22. The standard InChI is InChI=1S/C27H29Cl2N7O/c1-17-6-9-20(10-7-17)36-24(15-22(34-36)27(2,3)4)33-26(37)31-16-18-14-19(28)8-11-21(18)35(5)23-12-13-30-25(29)32-23/h6-15H,16H2,1-5H3,(H2,31,33,37). The number of aryl methyl sites for hydroxylation is 1. The number of amides is 2. The van der Waals surface area contributed by atoms with Gasteiger partial charge < -0.3 is 10.2 Å². The second kappa shape index (κ2) is 10.8. The summed E-state index contributed by atoms with van der Waals surface area (Å²) >= 11 is 12.3. The number of urea groups is 1. The molecule has 2 aromatic heterocycles. The first-order valence-electron chi connectivity index (χ1n) is 11.7. The molecule has 37 heavy (non-hydrogen) atoms. The molecule has 0 radical (unpaired) electrons. The molecular weight excluding hydrogens is 509 g/mol. The van der Waals surface area contributed by atoms with Gasteiger partial charge in [0.25, 0.3) is 0 Å². The highest BCUT2D eigenvalue weighted by Gasteiger charge is 2.22. The normalized spacial score (nSPS) is 11.3. The molecule has 0 aliphatic heterocycles. The van der Waals surface area contributed by atoms with Crippen LogP contribution in [0.4, 0.5) is 22.1 Å². The fourth-order valence-corrected chi connectivity index (χ4v) is 4.05. The molecule has 0 saturated carbocycles. The first-order chi connectivity index (χ1) is 17.5. The maximum absolute atomic E-state index is 13.0. The lowest BCUT2D eigenvalue weighted by molar-refractivity contribution is 0.251. The van der Waals surface area contributed by atoms with Gasteiger partial charge in [0, 0.05) is 42.0 Å². The number of rotatable bonds is 6. The van der Waals surface area contributed by atoms with Crippen LogP contribution in [0.1, 0.15) is 37.6 Å². The fourth-order valence-electron chi connectivity index (χ4n) is 3.71. The Balaban J connectivity index is 1.55. The molecule has 10 heteroatoms. The van der Waals surface area contributed by atoms with Crippen LogP contribution in [0.25, 0.3) is 5.69 Å². The Morgan fingerprint density at radius 3 is 2.46 bits per heavy atom. The van der Waals surface area contributed by atoms with E-state index in [1.807, 2.05) is 61.3 Å². The van der Waals surface area contributed by atoms with Gasteiger partial charge in [0.15, 0.2) is 0 Å². The largest absolute Gasteiger partial charge is 0.334 e. The highest BCUT2D eigenvalue weighted by Crippen LogP contribution is 2.29. The van der Waals surface area contributed by atoms with E-state index < -0.39 is 0 Å². The van der Waals surface area contributed by atoms with Gasteiger partial charge >= 0.3 is 6.03 Å². The number of halogens is 2. The molecule has 0 saturated heterocycles. The highest BCUT2D eigenvalue weighted by molar-refractivity contribution is 6.30. The molecule has 0 atom stereocenters. The van der Waals surface area contributed by atoms with E-state index in [9.17, 15) is 4.79 Å². The summed E-state index contributed by atoms with van der Waals surface area (Å²) in [5, 5.41) is 11.4. The molecular formula is C27H29Cl2N7O. The smallest absolute Gasteiger partial charge is 0.320 e. The molecule has 2 amide bonds. The Hall–Kier alpha value is -3.62. The van der Waals surface area contributed by atoms with Crippen LogP contribution in [-0.2, 0) is 12.0 Å². The molecule has 192 valence electrons. The fraction of sp³-hybridized carbons (Fsp3) is 0.259. The Labute approximate surface area is 226 Å². The second-order valence-corrected chi connectivity index (χ2v) is 10.5. The van der Waals surface area contributed by atoms with Crippen molar-refractivity contribution in [1.29, 1.82) is 0 Å². The van der Waals surface area contributed by atoms with Crippen LogP contribution in [-0.4, -0.2) is 32.8 Å². The molecule has 0 spiro atoms. The SMILES string of the molecule is Cc1ccc(-n2nc(C(C)(C)C)cc2NC(=O)NCc2cc(Cl)ccc2N(C)c2ccnc(Cl)n2)cc1. The average molecular weight is 538 g/mol. The Morgan fingerprint density at radius 1 is 1.05 bits per heavy atom. The van der Waals surface area contributed by atoms with Crippen molar-refractivity contribution in [2.75, 3.05) is 17.3 Å². The number of aromatic nitrogens is 4. The Kier molecular flexibility index (Phi) is 7.71. The maximum Gasteiger partial charge on any atom is 0.320 e. The van der Waals surface area contributed by atoms with E-state index in [0.29, 0.717) is 16.7 Å². The minimum absolute atomic E-state index is 0.150. The predicted molar refractivity (Wildman–Crippen MR) is 149 cm³/mol. The van der Waals surface area contributed by atoms with E-state index in [1.54, 1.807) is 23.0 Å². The molecule has 2 heterocycles. The number of carbonyl (C=O) groups is 1. The van der Waals surface area contributed by atoms with Crippen molar-refractivity contribution in [3.05, 3.63) is 87.9 Å². The minimum Gasteiger partial charge on any atom is -0.334 e. The van der Waals surface area contributed by atoms with Crippen molar-refractivity contribution in [3.8, 4) is 5.69 Å². The molecule has 2 aromatic carbocycles. The highest BCUT2D eigenvalue weighted by atomic mass is 35.5. The van der Waals surface area contributed by atoms with E-state index in [4.69, 9.17) is 28.3 Å². The van der Waals surface area contributed by atoms with Crippen LogP contribution in [0.5, 0.6) is 0 Å². The third-order valence-corrected chi connectivity index (χ3v) is 6.21. The van der Waals surface area contributed by atoms with Crippen LogP contribution in [0.15, 0.2) is 60.8 Å². The summed E-state index contributed by atoms with van der Waals surface area (Å²) in [4.78, 5) is 23.1. The second-order valence-electron chi connectivity index (χ2n) is 9.74. The van der Waals surface area contributed by atoms with Crippen molar-refractivity contribution < 1.29 is 4.79 Å². The molecule has 2 N–H and O–H groups in total. The number of benzene rings is 2. The van der Waals surface area contributed by atoms with Crippen LogP contribution in [0, 0.1) is 6.92 Å².